The molecule has 1 heterocycles. The molecule has 1 N–H and O–H groups in total. The van der Waals surface area contributed by atoms with E-state index in [1.54, 1.807) is 0 Å². The summed E-state index contributed by atoms with van der Waals surface area (Å²) in [6.07, 6.45) is 5.25. The molecule has 3 rings (SSSR count). The Balaban J connectivity index is 1.65. The second kappa shape index (κ2) is 3.63. The normalized spacial score (nSPS) is 20.6. The highest BCUT2D eigenvalue weighted by molar-refractivity contribution is 7.12. The van der Waals surface area contributed by atoms with Crippen molar-refractivity contribution in [3.05, 3.63) is 22.4 Å². The highest BCUT2D eigenvalue weighted by Gasteiger charge is 2.42. The maximum atomic E-state index is 11.9. The lowest BCUT2D eigenvalue weighted by molar-refractivity contribution is 0.0930. The van der Waals surface area contributed by atoms with E-state index in [9.17, 15) is 4.79 Å². The first-order valence-corrected chi connectivity index (χ1v) is 6.57. The van der Waals surface area contributed by atoms with E-state index in [1.807, 2.05) is 17.5 Å². The lowest BCUT2D eigenvalue weighted by Crippen LogP contribution is -2.37. The van der Waals surface area contributed by atoms with E-state index in [2.05, 4.69) is 5.32 Å². The lowest BCUT2D eigenvalue weighted by atomic mass is 10.1. The summed E-state index contributed by atoms with van der Waals surface area (Å²) >= 11 is 1.53. The fraction of sp³-hybridized carbons (Fsp3) is 0.583. The number of rotatable bonds is 4. The van der Waals surface area contributed by atoms with E-state index in [0.29, 0.717) is 6.04 Å². The molecule has 0 saturated heterocycles. The Hall–Kier alpha value is -0.830. The molecule has 0 radical (unpaired) electrons. The summed E-state index contributed by atoms with van der Waals surface area (Å²) in [5.41, 5.74) is 0. The predicted molar refractivity (Wildman–Crippen MR) is 61.0 cm³/mol. The van der Waals surface area contributed by atoms with Crippen LogP contribution in [-0.2, 0) is 0 Å². The first-order valence-electron chi connectivity index (χ1n) is 5.69. The Bertz CT molecular complexity index is 340. The molecule has 80 valence electrons. The van der Waals surface area contributed by atoms with Gasteiger partial charge in [-0.1, -0.05) is 6.07 Å². The minimum absolute atomic E-state index is 0.133. The third-order valence-electron chi connectivity index (χ3n) is 3.30. The predicted octanol–water partition coefficient (Wildman–Crippen LogP) is 2.67. The van der Waals surface area contributed by atoms with Crippen molar-refractivity contribution >= 4 is 17.2 Å². The molecule has 0 spiro atoms. The summed E-state index contributed by atoms with van der Waals surface area (Å²) in [6.45, 7) is 0. The Kier molecular flexibility index (Phi) is 2.28. The standard InChI is InChI=1S/C12H15NOS/c14-12(10-2-1-7-15-10)13-11(8-3-4-8)9-5-6-9/h1-2,7-9,11H,3-6H2,(H,13,14). The van der Waals surface area contributed by atoms with Crippen molar-refractivity contribution in [1.29, 1.82) is 0 Å². The molecule has 0 unspecified atom stereocenters. The van der Waals surface area contributed by atoms with Gasteiger partial charge in [0.15, 0.2) is 0 Å². The molecule has 2 nitrogen and oxygen atoms in total. The van der Waals surface area contributed by atoms with Gasteiger partial charge in [0.2, 0.25) is 0 Å². The average Bonchev–Trinajstić information content (AvgIpc) is 3.15. The minimum Gasteiger partial charge on any atom is -0.348 e. The molecule has 3 heteroatoms. The molecule has 2 fully saturated rings. The second-order valence-corrected chi connectivity index (χ2v) is 5.60. The van der Waals surface area contributed by atoms with E-state index in [4.69, 9.17) is 0 Å². The van der Waals surface area contributed by atoms with Crippen molar-refractivity contribution in [3.63, 3.8) is 0 Å². The second-order valence-electron chi connectivity index (χ2n) is 4.65. The van der Waals surface area contributed by atoms with Gasteiger partial charge in [0, 0.05) is 6.04 Å². The number of hydrogen-bond donors (Lipinski definition) is 1. The zero-order chi connectivity index (χ0) is 10.3. The first kappa shape index (κ1) is 9.40. The fourth-order valence-corrected chi connectivity index (χ4v) is 2.79. The number of carbonyl (C=O) groups excluding carboxylic acids is 1. The molecular weight excluding hydrogens is 206 g/mol. The van der Waals surface area contributed by atoms with Crippen LogP contribution in [0.5, 0.6) is 0 Å². The molecule has 0 aliphatic heterocycles. The SMILES string of the molecule is O=C(NC(C1CC1)C1CC1)c1cccs1. The smallest absolute Gasteiger partial charge is 0.261 e. The summed E-state index contributed by atoms with van der Waals surface area (Å²) in [5.74, 6) is 1.69. The summed E-state index contributed by atoms with van der Waals surface area (Å²) < 4.78 is 0. The Labute approximate surface area is 93.7 Å². The van der Waals surface area contributed by atoms with Crippen molar-refractivity contribution in [2.24, 2.45) is 11.8 Å². The number of amides is 1. The Morgan fingerprint density at radius 2 is 2.00 bits per heavy atom. The quantitative estimate of drug-likeness (QED) is 0.832. The Morgan fingerprint density at radius 3 is 2.47 bits per heavy atom. The summed E-state index contributed by atoms with van der Waals surface area (Å²) in [5, 5.41) is 5.17. The van der Waals surface area contributed by atoms with E-state index in [-0.39, 0.29) is 5.91 Å². The zero-order valence-corrected chi connectivity index (χ0v) is 9.43. The maximum Gasteiger partial charge on any atom is 0.261 e. The van der Waals surface area contributed by atoms with E-state index in [0.717, 1.165) is 16.7 Å². The van der Waals surface area contributed by atoms with Crippen LogP contribution in [0.1, 0.15) is 35.4 Å². The largest absolute Gasteiger partial charge is 0.348 e. The van der Waals surface area contributed by atoms with Gasteiger partial charge in [0.1, 0.15) is 0 Å². The summed E-state index contributed by atoms with van der Waals surface area (Å²) in [7, 11) is 0. The summed E-state index contributed by atoms with van der Waals surface area (Å²) in [6, 6.07) is 4.30. The van der Waals surface area contributed by atoms with Gasteiger partial charge in [-0.05, 0) is 49.0 Å². The van der Waals surface area contributed by atoms with Crippen LogP contribution in [0, 0.1) is 11.8 Å². The van der Waals surface area contributed by atoms with E-state index in [1.165, 1.54) is 37.0 Å². The van der Waals surface area contributed by atoms with Crippen molar-refractivity contribution in [3.8, 4) is 0 Å². The third kappa shape index (κ3) is 2.07. The van der Waals surface area contributed by atoms with Crippen LogP contribution in [-0.4, -0.2) is 11.9 Å². The van der Waals surface area contributed by atoms with Gasteiger partial charge in [-0.2, -0.15) is 0 Å². The zero-order valence-electron chi connectivity index (χ0n) is 8.61. The monoisotopic (exact) mass is 221 g/mol. The van der Waals surface area contributed by atoms with Crippen molar-refractivity contribution in [1.82, 2.24) is 5.32 Å². The lowest BCUT2D eigenvalue weighted by Gasteiger charge is -2.16. The van der Waals surface area contributed by atoms with Crippen LogP contribution >= 0.6 is 11.3 Å². The van der Waals surface area contributed by atoms with Crippen LogP contribution in [0.15, 0.2) is 17.5 Å². The van der Waals surface area contributed by atoms with Crippen molar-refractivity contribution in [2.45, 2.75) is 31.7 Å². The molecule has 2 aliphatic rings. The number of nitrogens with one attached hydrogen (secondary N) is 1. The molecule has 0 bridgehead atoms. The van der Waals surface area contributed by atoms with E-state index < -0.39 is 0 Å². The van der Waals surface area contributed by atoms with Crippen LogP contribution in [0.3, 0.4) is 0 Å². The molecular formula is C12H15NOS. The third-order valence-corrected chi connectivity index (χ3v) is 4.17. The molecule has 0 aromatic carbocycles. The van der Waals surface area contributed by atoms with Gasteiger partial charge in [0.25, 0.3) is 5.91 Å². The highest BCUT2D eigenvalue weighted by Crippen LogP contribution is 2.44. The van der Waals surface area contributed by atoms with Gasteiger partial charge < -0.3 is 5.32 Å². The van der Waals surface area contributed by atoms with Crippen LogP contribution in [0.2, 0.25) is 0 Å². The highest BCUT2D eigenvalue weighted by atomic mass is 32.1. The Morgan fingerprint density at radius 1 is 1.33 bits per heavy atom. The number of carbonyl (C=O) groups is 1. The molecule has 0 atom stereocenters. The minimum atomic E-state index is 0.133. The average molecular weight is 221 g/mol. The molecule has 1 aromatic heterocycles. The van der Waals surface area contributed by atoms with Gasteiger partial charge in [-0.25, -0.2) is 0 Å². The van der Waals surface area contributed by atoms with Crippen LogP contribution in [0.4, 0.5) is 0 Å². The molecule has 15 heavy (non-hydrogen) atoms. The molecule has 1 aromatic rings. The first-order chi connectivity index (χ1) is 7.34. The van der Waals surface area contributed by atoms with Gasteiger partial charge in [-0.15, -0.1) is 11.3 Å². The van der Waals surface area contributed by atoms with Crippen molar-refractivity contribution < 1.29 is 4.79 Å². The fourth-order valence-electron chi connectivity index (χ4n) is 2.16. The number of hydrogen-bond acceptors (Lipinski definition) is 2. The van der Waals surface area contributed by atoms with Gasteiger partial charge in [-0.3, -0.25) is 4.79 Å². The molecule has 2 saturated carbocycles. The van der Waals surface area contributed by atoms with Gasteiger partial charge in [0.05, 0.1) is 4.88 Å². The summed E-state index contributed by atoms with van der Waals surface area (Å²) in [4.78, 5) is 12.7. The van der Waals surface area contributed by atoms with Crippen LogP contribution in [0.25, 0.3) is 0 Å². The number of thiophene rings is 1. The van der Waals surface area contributed by atoms with Crippen LogP contribution < -0.4 is 5.32 Å². The van der Waals surface area contributed by atoms with Crippen molar-refractivity contribution in [2.75, 3.05) is 0 Å². The molecule has 2 aliphatic carbocycles. The molecule has 1 amide bonds. The topological polar surface area (TPSA) is 29.1 Å². The van der Waals surface area contributed by atoms with E-state index >= 15 is 0 Å². The maximum absolute atomic E-state index is 11.9. The van der Waals surface area contributed by atoms with Gasteiger partial charge >= 0.3 is 0 Å².